The first kappa shape index (κ1) is 20.5. The van der Waals surface area contributed by atoms with Gasteiger partial charge in [-0.05, 0) is 43.9 Å². The van der Waals surface area contributed by atoms with Crippen molar-refractivity contribution >= 4 is 17.5 Å². The maximum Gasteiger partial charge on any atom is 0.254 e. The quantitative estimate of drug-likeness (QED) is 0.789. The molecule has 1 N–H and O–H groups in total. The predicted molar refractivity (Wildman–Crippen MR) is 116 cm³/mol. The SMILES string of the molecule is CC1Cc2ccccc2N1Cc1occc1C(=O)NCCC(=O)N1CCCCCC1. The molecule has 1 saturated heterocycles. The highest BCUT2D eigenvalue weighted by molar-refractivity contribution is 5.95. The highest BCUT2D eigenvalue weighted by Gasteiger charge is 2.28. The van der Waals surface area contributed by atoms with Crippen molar-refractivity contribution in [3.63, 3.8) is 0 Å². The average Bonchev–Trinajstić information content (AvgIpc) is 3.21. The summed E-state index contributed by atoms with van der Waals surface area (Å²) < 4.78 is 5.67. The van der Waals surface area contributed by atoms with E-state index in [4.69, 9.17) is 4.42 Å². The molecule has 1 aromatic heterocycles. The van der Waals surface area contributed by atoms with Gasteiger partial charge < -0.3 is 19.5 Å². The molecule has 0 aliphatic carbocycles. The summed E-state index contributed by atoms with van der Waals surface area (Å²) in [5, 5.41) is 2.90. The number of para-hydroxylation sites is 1. The molecule has 160 valence electrons. The Morgan fingerprint density at radius 2 is 1.87 bits per heavy atom. The Labute approximate surface area is 178 Å². The van der Waals surface area contributed by atoms with E-state index in [0.29, 0.717) is 36.9 Å². The summed E-state index contributed by atoms with van der Waals surface area (Å²) in [6.07, 6.45) is 7.46. The first-order chi connectivity index (χ1) is 14.6. The van der Waals surface area contributed by atoms with E-state index in [1.54, 1.807) is 12.3 Å². The van der Waals surface area contributed by atoms with Gasteiger partial charge in [0.05, 0.1) is 18.4 Å². The minimum Gasteiger partial charge on any atom is -0.467 e. The van der Waals surface area contributed by atoms with Crippen LogP contribution in [-0.2, 0) is 17.8 Å². The van der Waals surface area contributed by atoms with Gasteiger partial charge in [-0.2, -0.15) is 0 Å². The van der Waals surface area contributed by atoms with Crippen LogP contribution in [0.2, 0.25) is 0 Å². The maximum absolute atomic E-state index is 12.7. The summed E-state index contributed by atoms with van der Waals surface area (Å²) in [5.41, 5.74) is 3.08. The number of nitrogens with zero attached hydrogens (tertiary/aromatic N) is 2. The highest BCUT2D eigenvalue weighted by Crippen LogP contribution is 2.33. The van der Waals surface area contributed by atoms with Crippen LogP contribution in [0.1, 0.15) is 60.7 Å². The fourth-order valence-corrected chi connectivity index (χ4v) is 4.55. The molecule has 0 bridgehead atoms. The molecule has 0 radical (unpaired) electrons. The molecule has 2 aliphatic rings. The lowest BCUT2D eigenvalue weighted by atomic mass is 10.1. The Hall–Kier alpha value is -2.76. The van der Waals surface area contributed by atoms with Crippen molar-refractivity contribution in [2.75, 3.05) is 24.5 Å². The second-order valence-electron chi connectivity index (χ2n) is 8.37. The largest absolute Gasteiger partial charge is 0.467 e. The molecule has 30 heavy (non-hydrogen) atoms. The minimum absolute atomic E-state index is 0.132. The van der Waals surface area contributed by atoms with E-state index in [2.05, 4.69) is 35.3 Å². The highest BCUT2D eigenvalue weighted by atomic mass is 16.3. The van der Waals surface area contributed by atoms with E-state index in [9.17, 15) is 9.59 Å². The summed E-state index contributed by atoms with van der Waals surface area (Å²) >= 11 is 0. The van der Waals surface area contributed by atoms with Gasteiger partial charge in [0.1, 0.15) is 5.76 Å². The Morgan fingerprint density at radius 1 is 1.10 bits per heavy atom. The van der Waals surface area contributed by atoms with Crippen LogP contribution in [0.15, 0.2) is 41.0 Å². The topological polar surface area (TPSA) is 65.8 Å². The van der Waals surface area contributed by atoms with Gasteiger partial charge in [0.15, 0.2) is 0 Å². The van der Waals surface area contributed by atoms with Gasteiger partial charge in [0, 0.05) is 37.8 Å². The van der Waals surface area contributed by atoms with Crippen molar-refractivity contribution < 1.29 is 14.0 Å². The van der Waals surface area contributed by atoms with Gasteiger partial charge in [0.2, 0.25) is 5.91 Å². The van der Waals surface area contributed by atoms with E-state index >= 15 is 0 Å². The summed E-state index contributed by atoms with van der Waals surface area (Å²) in [6, 6.07) is 10.5. The Morgan fingerprint density at radius 3 is 2.67 bits per heavy atom. The monoisotopic (exact) mass is 409 g/mol. The number of anilines is 1. The fraction of sp³-hybridized carbons (Fsp3) is 0.500. The predicted octanol–water partition coefficient (Wildman–Crippen LogP) is 3.75. The summed E-state index contributed by atoms with van der Waals surface area (Å²) in [7, 11) is 0. The third-order valence-corrected chi connectivity index (χ3v) is 6.24. The smallest absolute Gasteiger partial charge is 0.254 e. The lowest BCUT2D eigenvalue weighted by Crippen LogP contribution is -2.35. The summed E-state index contributed by atoms with van der Waals surface area (Å²) in [5.74, 6) is 0.615. The first-order valence-electron chi connectivity index (χ1n) is 11.1. The number of amides is 2. The average molecular weight is 410 g/mol. The number of nitrogens with one attached hydrogen (secondary N) is 1. The molecule has 0 spiro atoms. The van der Waals surface area contributed by atoms with Crippen LogP contribution in [0, 0.1) is 0 Å². The molecule has 1 aromatic carbocycles. The number of fused-ring (bicyclic) bond motifs is 1. The standard InChI is InChI=1S/C24H31N3O3/c1-18-16-19-8-4-5-9-21(19)27(18)17-22-20(11-15-30-22)24(29)25-12-10-23(28)26-13-6-2-3-7-14-26/h4-5,8-9,11,15,18H,2-3,6-7,10,12-14,16-17H2,1H3,(H,25,29). The van der Waals surface area contributed by atoms with E-state index in [1.807, 2.05) is 11.0 Å². The molecule has 2 aliphatic heterocycles. The van der Waals surface area contributed by atoms with Crippen molar-refractivity contribution in [1.29, 1.82) is 0 Å². The Bertz CT molecular complexity index is 883. The van der Waals surface area contributed by atoms with Crippen molar-refractivity contribution in [3.8, 4) is 0 Å². The lowest BCUT2D eigenvalue weighted by Gasteiger charge is -2.24. The minimum atomic E-state index is -0.178. The third-order valence-electron chi connectivity index (χ3n) is 6.24. The van der Waals surface area contributed by atoms with Crippen molar-refractivity contribution in [1.82, 2.24) is 10.2 Å². The zero-order valence-electron chi connectivity index (χ0n) is 17.7. The van der Waals surface area contributed by atoms with Crippen LogP contribution >= 0.6 is 0 Å². The Kier molecular flexibility index (Phi) is 6.41. The van der Waals surface area contributed by atoms with E-state index < -0.39 is 0 Å². The van der Waals surface area contributed by atoms with Gasteiger partial charge in [0.25, 0.3) is 5.91 Å². The number of rotatable bonds is 6. The summed E-state index contributed by atoms with van der Waals surface area (Å²) in [6.45, 7) is 4.78. The third kappa shape index (κ3) is 4.53. The van der Waals surface area contributed by atoms with Crippen molar-refractivity contribution in [2.45, 2.75) is 58.0 Å². The number of carbonyl (C=O) groups is 2. The van der Waals surface area contributed by atoms with E-state index in [-0.39, 0.29) is 11.8 Å². The van der Waals surface area contributed by atoms with Crippen LogP contribution in [-0.4, -0.2) is 42.4 Å². The molecule has 2 aromatic rings. The van der Waals surface area contributed by atoms with Gasteiger partial charge in [-0.25, -0.2) is 0 Å². The molecular weight excluding hydrogens is 378 g/mol. The molecule has 1 atom stereocenters. The lowest BCUT2D eigenvalue weighted by molar-refractivity contribution is -0.131. The molecule has 6 heteroatoms. The first-order valence-corrected chi connectivity index (χ1v) is 11.1. The van der Waals surface area contributed by atoms with Gasteiger partial charge in [-0.3, -0.25) is 9.59 Å². The second kappa shape index (κ2) is 9.37. The van der Waals surface area contributed by atoms with Crippen molar-refractivity contribution in [3.05, 3.63) is 53.5 Å². The van der Waals surface area contributed by atoms with Crippen LogP contribution in [0.3, 0.4) is 0 Å². The van der Waals surface area contributed by atoms with Crippen LogP contribution in [0.4, 0.5) is 5.69 Å². The molecule has 6 nitrogen and oxygen atoms in total. The molecule has 3 heterocycles. The number of likely N-dealkylation sites (tertiary alicyclic amines) is 1. The van der Waals surface area contributed by atoms with Gasteiger partial charge in [-0.1, -0.05) is 31.0 Å². The van der Waals surface area contributed by atoms with Gasteiger partial charge >= 0.3 is 0 Å². The normalized spacial score (nSPS) is 18.8. The molecule has 4 rings (SSSR count). The zero-order valence-corrected chi connectivity index (χ0v) is 17.7. The van der Waals surface area contributed by atoms with Crippen LogP contribution < -0.4 is 10.2 Å². The molecule has 0 saturated carbocycles. The number of carbonyl (C=O) groups excluding carboxylic acids is 2. The van der Waals surface area contributed by atoms with Crippen LogP contribution in [0.5, 0.6) is 0 Å². The Balaban J connectivity index is 1.33. The van der Waals surface area contributed by atoms with Crippen LogP contribution in [0.25, 0.3) is 0 Å². The number of hydrogen-bond donors (Lipinski definition) is 1. The molecule has 2 amide bonds. The maximum atomic E-state index is 12.7. The van der Waals surface area contributed by atoms with Crippen molar-refractivity contribution in [2.24, 2.45) is 0 Å². The molecule has 1 fully saturated rings. The van der Waals surface area contributed by atoms with E-state index in [1.165, 1.54) is 24.1 Å². The molecular formula is C24H31N3O3. The van der Waals surface area contributed by atoms with Gasteiger partial charge in [-0.15, -0.1) is 0 Å². The summed E-state index contributed by atoms with van der Waals surface area (Å²) in [4.78, 5) is 29.4. The zero-order chi connectivity index (χ0) is 20.9. The fourth-order valence-electron chi connectivity index (χ4n) is 4.55. The number of benzene rings is 1. The number of hydrogen-bond acceptors (Lipinski definition) is 4. The second-order valence-corrected chi connectivity index (χ2v) is 8.37. The number of furan rings is 1. The molecule has 1 unspecified atom stereocenters. The van der Waals surface area contributed by atoms with E-state index in [0.717, 1.165) is 32.4 Å².